The summed E-state index contributed by atoms with van der Waals surface area (Å²) in [6, 6.07) is 6.34. The number of nitrogens with one attached hydrogen (secondary N) is 2. The molecular weight excluding hydrogens is 288 g/mol. The second-order valence-electron chi connectivity index (χ2n) is 6.78. The van der Waals surface area contributed by atoms with E-state index >= 15 is 0 Å². The van der Waals surface area contributed by atoms with Crippen LogP contribution in [0.4, 0.5) is 0 Å². The molecule has 1 unspecified atom stereocenters. The zero-order chi connectivity index (χ0) is 15.7. The van der Waals surface area contributed by atoms with E-state index in [0.717, 1.165) is 18.1 Å². The van der Waals surface area contributed by atoms with Gasteiger partial charge in [0.25, 0.3) is 0 Å². The summed E-state index contributed by atoms with van der Waals surface area (Å²) in [7, 11) is 2.28. The molecule has 1 atom stereocenters. The minimum atomic E-state index is 0.365. The maximum Gasteiger partial charge on any atom is 0.199 e. The van der Waals surface area contributed by atoms with E-state index in [4.69, 9.17) is 0 Å². The lowest BCUT2D eigenvalue weighted by molar-refractivity contribution is 0.149. The van der Waals surface area contributed by atoms with E-state index in [9.17, 15) is 0 Å². The highest BCUT2D eigenvalue weighted by molar-refractivity contribution is 5.47. The number of aromatic nitrogens is 4. The summed E-state index contributed by atoms with van der Waals surface area (Å²) in [5.41, 5.74) is 1.17. The number of aromatic amines is 1. The number of nitrogens with zero attached hydrogens (tertiary/aromatic N) is 4. The first-order valence-corrected chi connectivity index (χ1v) is 8.55. The molecule has 0 amide bonds. The van der Waals surface area contributed by atoms with E-state index in [1.807, 2.05) is 18.2 Å². The van der Waals surface area contributed by atoms with Crippen LogP contribution in [0.2, 0.25) is 0 Å². The van der Waals surface area contributed by atoms with Crippen LogP contribution < -0.4 is 5.32 Å². The molecule has 1 spiro atoms. The van der Waals surface area contributed by atoms with Gasteiger partial charge < -0.3 is 5.32 Å². The Morgan fingerprint density at radius 2 is 2.22 bits per heavy atom. The third kappa shape index (κ3) is 2.66. The Balaban J connectivity index is 1.43. The molecule has 122 valence electrons. The first-order chi connectivity index (χ1) is 11.3. The fourth-order valence-electron chi connectivity index (χ4n) is 4.29. The lowest BCUT2D eigenvalue weighted by atomic mass is 9.89. The summed E-state index contributed by atoms with van der Waals surface area (Å²) >= 11 is 0. The molecule has 1 saturated heterocycles. The summed E-state index contributed by atoms with van der Waals surface area (Å²) in [5, 5.41) is 11.1. The molecule has 6 nitrogen and oxygen atoms in total. The van der Waals surface area contributed by atoms with Crippen molar-refractivity contribution in [2.24, 2.45) is 0 Å². The maximum atomic E-state index is 4.57. The number of pyridine rings is 1. The van der Waals surface area contributed by atoms with E-state index in [1.165, 1.54) is 38.6 Å². The average Bonchev–Trinajstić information content (AvgIpc) is 3.31. The van der Waals surface area contributed by atoms with Crippen molar-refractivity contribution in [3.8, 4) is 11.5 Å². The maximum absolute atomic E-state index is 4.57. The predicted molar refractivity (Wildman–Crippen MR) is 88.7 cm³/mol. The molecule has 2 N–H and O–H groups in total. The molecule has 3 heterocycles. The molecule has 2 aliphatic rings. The molecule has 1 saturated carbocycles. The minimum absolute atomic E-state index is 0.365. The highest BCUT2D eigenvalue weighted by atomic mass is 15.3. The van der Waals surface area contributed by atoms with Crippen LogP contribution in [0.5, 0.6) is 0 Å². The molecule has 0 radical (unpaired) electrons. The molecule has 4 rings (SSSR count). The van der Waals surface area contributed by atoms with E-state index in [0.29, 0.717) is 17.4 Å². The highest BCUT2D eigenvalue weighted by Gasteiger charge is 2.48. The Bertz CT molecular complexity index is 646. The summed E-state index contributed by atoms with van der Waals surface area (Å²) < 4.78 is 0. The molecule has 2 aromatic rings. The molecule has 6 heteroatoms. The van der Waals surface area contributed by atoms with Crippen LogP contribution in [0, 0.1) is 0 Å². The summed E-state index contributed by atoms with van der Waals surface area (Å²) in [6.45, 7) is 1.92. The Morgan fingerprint density at radius 1 is 1.35 bits per heavy atom. The topological polar surface area (TPSA) is 69.7 Å². The number of hydrogen-bond acceptors (Lipinski definition) is 5. The number of hydrogen-bond donors (Lipinski definition) is 2. The summed E-state index contributed by atoms with van der Waals surface area (Å²) in [5.74, 6) is 1.55. The number of likely N-dealkylation sites (N-methyl/N-ethyl adjacent to an activating group) is 1. The van der Waals surface area contributed by atoms with Gasteiger partial charge in [0.1, 0.15) is 11.5 Å². The normalized spacial score (nSPS) is 23.8. The lowest BCUT2D eigenvalue weighted by Gasteiger charge is -2.37. The van der Waals surface area contributed by atoms with Crippen LogP contribution in [-0.4, -0.2) is 50.2 Å². The van der Waals surface area contributed by atoms with Gasteiger partial charge in [0, 0.05) is 17.8 Å². The predicted octanol–water partition coefficient (Wildman–Crippen LogP) is 1.97. The molecule has 2 aromatic heterocycles. The zero-order valence-corrected chi connectivity index (χ0v) is 13.6. The van der Waals surface area contributed by atoms with Crippen LogP contribution in [0.15, 0.2) is 24.4 Å². The van der Waals surface area contributed by atoms with E-state index < -0.39 is 0 Å². The average molecular weight is 312 g/mol. The van der Waals surface area contributed by atoms with Crippen molar-refractivity contribution in [2.75, 3.05) is 13.6 Å². The zero-order valence-electron chi connectivity index (χ0n) is 13.6. The molecular formula is C17H24N6. The van der Waals surface area contributed by atoms with Gasteiger partial charge in [-0.25, -0.2) is 4.98 Å². The molecule has 23 heavy (non-hydrogen) atoms. The SMILES string of the molecule is CN1CCC(NCc2nc(-c3ccccn3)n[nH]2)C12CCCC2. The van der Waals surface area contributed by atoms with Crippen molar-refractivity contribution < 1.29 is 0 Å². The van der Waals surface area contributed by atoms with Gasteiger partial charge in [0.05, 0.1) is 6.54 Å². The minimum Gasteiger partial charge on any atom is -0.305 e. The molecule has 1 aliphatic carbocycles. The van der Waals surface area contributed by atoms with E-state index in [1.54, 1.807) is 6.20 Å². The van der Waals surface area contributed by atoms with Crippen molar-refractivity contribution >= 4 is 0 Å². The fourth-order valence-corrected chi connectivity index (χ4v) is 4.29. The quantitative estimate of drug-likeness (QED) is 0.903. The van der Waals surface area contributed by atoms with Crippen LogP contribution >= 0.6 is 0 Å². The Kier molecular flexibility index (Phi) is 3.87. The third-order valence-electron chi connectivity index (χ3n) is 5.57. The molecule has 0 bridgehead atoms. The van der Waals surface area contributed by atoms with Gasteiger partial charge in [0.15, 0.2) is 5.82 Å². The van der Waals surface area contributed by atoms with Crippen molar-refractivity contribution in [1.82, 2.24) is 30.4 Å². The van der Waals surface area contributed by atoms with Crippen LogP contribution in [0.3, 0.4) is 0 Å². The summed E-state index contributed by atoms with van der Waals surface area (Å²) in [4.78, 5) is 11.4. The molecule has 1 aliphatic heterocycles. The summed E-state index contributed by atoms with van der Waals surface area (Å²) in [6.07, 6.45) is 8.33. The van der Waals surface area contributed by atoms with Gasteiger partial charge in [0.2, 0.25) is 0 Å². The van der Waals surface area contributed by atoms with Gasteiger partial charge in [-0.2, -0.15) is 5.10 Å². The van der Waals surface area contributed by atoms with Crippen molar-refractivity contribution in [2.45, 2.75) is 50.2 Å². The van der Waals surface area contributed by atoms with Crippen LogP contribution in [0.1, 0.15) is 37.9 Å². The lowest BCUT2D eigenvalue weighted by Crippen LogP contribution is -2.51. The molecule has 0 aromatic carbocycles. The van der Waals surface area contributed by atoms with E-state index in [2.05, 4.69) is 37.4 Å². The second-order valence-corrected chi connectivity index (χ2v) is 6.78. The van der Waals surface area contributed by atoms with Gasteiger partial charge in [-0.15, -0.1) is 0 Å². The fraction of sp³-hybridized carbons (Fsp3) is 0.588. The molecule has 2 fully saturated rings. The van der Waals surface area contributed by atoms with Crippen molar-refractivity contribution in [3.05, 3.63) is 30.2 Å². The largest absolute Gasteiger partial charge is 0.305 e. The number of likely N-dealkylation sites (tertiary alicyclic amines) is 1. The number of rotatable bonds is 4. The number of H-pyrrole nitrogens is 1. The van der Waals surface area contributed by atoms with E-state index in [-0.39, 0.29) is 0 Å². The van der Waals surface area contributed by atoms with Gasteiger partial charge in [-0.1, -0.05) is 18.9 Å². The van der Waals surface area contributed by atoms with Crippen LogP contribution in [-0.2, 0) is 6.54 Å². The van der Waals surface area contributed by atoms with Crippen molar-refractivity contribution in [3.63, 3.8) is 0 Å². The van der Waals surface area contributed by atoms with Crippen molar-refractivity contribution in [1.29, 1.82) is 0 Å². The van der Waals surface area contributed by atoms with Gasteiger partial charge >= 0.3 is 0 Å². The smallest absolute Gasteiger partial charge is 0.199 e. The Morgan fingerprint density at radius 3 is 3.00 bits per heavy atom. The Labute approximate surface area is 136 Å². The van der Waals surface area contributed by atoms with Gasteiger partial charge in [-0.05, 0) is 45.0 Å². The monoisotopic (exact) mass is 312 g/mol. The Hall–Kier alpha value is -1.79. The first kappa shape index (κ1) is 14.8. The first-order valence-electron chi connectivity index (χ1n) is 8.55. The second kappa shape index (κ2) is 6.02. The van der Waals surface area contributed by atoms with Gasteiger partial charge in [-0.3, -0.25) is 15.0 Å². The highest BCUT2D eigenvalue weighted by Crippen LogP contribution is 2.42. The third-order valence-corrected chi connectivity index (χ3v) is 5.57. The standard InChI is InChI=1S/C17H24N6/c1-23-11-7-14(17(23)8-3-4-9-17)19-12-15-20-16(22-21-15)13-6-2-5-10-18-13/h2,5-6,10,14,19H,3-4,7-9,11-12H2,1H3,(H,20,21,22). The van der Waals surface area contributed by atoms with Crippen LogP contribution in [0.25, 0.3) is 11.5 Å².